The molecular formula is C26H28N6O2S. The molecule has 2 amide bonds. The monoisotopic (exact) mass is 488 g/mol. The topological polar surface area (TPSA) is 94.1 Å². The van der Waals surface area contributed by atoms with Gasteiger partial charge >= 0.3 is 0 Å². The number of hydrazone groups is 1. The SMILES string of the molecule is Cc1cccc(-n2c(C)cc(C=C3C(=N)N4N=C(CC(=O)N5CCCCC5)SC4=NC3=O)c2C)c1. The van der Waals surface area contributed by atoms with Gasteiger partial charge in [0, 0.05) is 30.2 Å². The lowest BCUT2D eigenvalue weighted by molar-refractivity contribution is -0.130. The van der Waals surface area contributed by atoms with Crippen molar-refractivity contribution in [3.05, 3.63) is 58.4 Å². The number of carbonyl (C=O) groups is 2. The highest BCUT2D eigenvalue weighted by Crippen LogP contribution is 2.31. The second kappa shape index (κ2) is 9.30. The van der Waals surface area contributed by atoms with Crippen LogP contribution in [-0.4, -0.2) is 55.4 Å². The van der Waals surface area contributed by atoms with Gasteiger partial charge in [-0.05, 0) is 87.2 Å². The molecule has 0 saturated carbocycles. The summed E-state index contributed by atoms with van der Waals surface area (Å²) in [5, 5.41) is 15.4. The van der Waals surface area contributed by atoms with E-state index in [1.165, 1.54) is 22.3 Å². The molecule has 3 aliphatic rings. The van der Waals surface area contributed by atoms with Crippen molar-refractivity contribution in [1.29, 1.82) is 5.41 Å². The number of hydrogen-bond acceptors (Lipinski definition) is 5. The highest BCUT2D eigenvalue weighted by Gasteiger charge is 2.36. The van der Waals surface area contributed by atoms with E-state index in [-0.39, 0.29) is 23.7 Å². The normalized spacial score (nSPS) is 19.2. The van der Waals surface area contributed by atoms with Crippen molar-refractivity contribution in [2.24, 2.45) is 10.1 Å². The van der Waals surface area contributed by atoms with Crippen molar-refractivity contribution in [3.63, 3.8) is 0 Å². The van der Waals surface area contributed by atoms with Crippen LogP contribution in [0, 0.1) is 26.2 Å². The standard InChI is InChI=1S/C26H28N6O2S/c1-16-8-7-9-20(12-16)31-17(2)13-19(18(31)3)14-21-24(27)32-26(28-25(21)34)35-22(29-32)15-23(33)30-10-5-4-6-11-30/h7-9,12-14,27H,4-6,10-11,15H2,1-3H3. The molecule has 1 aromatic carbocycles. The van der Waals surface area contributed by atoms with Gasteiger partial charge in [0.2, 0.25) is 11.1 Å². The molecule has 0 atom stereocenters. The van der Waals surface area contributed by atoms with Crippen molar-refractivity contribution in [1.82, 2.24) is 14.5 Å². The average molecular weight is 489 g/mol. The minimum atomic E-state index is -0.465. The van der Waals surface area contributed by atoms with Crippen molar-refractivity contribution in [2.45, 2.75) is 46.5 Å². The first-order valence-electron chi connectivity index (χ1n) is 11.8. The Bertz CT molecular complexity index is 1330. The van der Waals surface area contributed by atoms with Crippen molar-refractivity contribution in [2.75, 3.05) is 13.1 Å². The molecule has 8 nitrogen and oxygen atoms in total. The lowest BCUT2D eigenvalue weighted by Gasteiger charge is -2.26. The largest absolute Gasteiger partial charge is 0.342 e. The summed E-state index contributed by atoms with van der Waals surface area (Å²) >= 11 is 1.20. The Hall–Kier alpha value is -3.46. The maximum Gasteiger partial charge on any atom is 0.283 e. The predicted molar refractivity (Wildman–Crippen MR) is 140 cm³/mol. The molecule has 2 aromatic rings. The van der Waals surface area contributed by atoms with E-state index >= 15 is 0 Å². The molecule has 5 rings (SSSR count). The molecule has 0 radical (unpaired) electrons. The molecule has 1 aromatic heterocycles. The number of amidine groups is 2. The molecule has 4 heterocycles. The third-order valence-electron chi connectivity index (χ3n) is 6.54. The van der Waals surface area contributed by atoms with Gasteiger partial charge in [-0.25, -0.2) is 0 Å². The Morgan fingerprint density at radius 1 is 1.14 bits per heavy atom. The fraction of sp³-hybridized carbons (Fsp3) is 0.346. The number of piperidine rings is 1. The van der Waals surface area contributed by atoms with Crippen LogP contribution in [0.25, 0.3) is 11.8 Å². The van der Waals surface area contributed by atoms with Crippen LogP contribution in [0.3, 0.4) is 0 Å². The first kappa shape index (κ1) is 23.3. The molecule has 0 spiro atoms. The maximum atomic E-state index is 12.9. The molecule has 180 valence electrons. The number of aromatic nitrogens is 1. The van der Waals surface area contributed by atoms with Crippen molar-refractivity contribution in [3.8, 4) is 5.69 Å². The van der Waals surface area contributed by atoms with Gasteiger partial charge in [0.1, 0.15) is 5.04 Å². The summed E-state index contributed by atoms with van der Waals surface area (Å²) < 4.78 is 2.14. The third-order valence-corrected chi connectivity index (χ3v) is 7.45. The van der Waals surface area contributed by atoms with Crippen LogP contribution in [0.5, 0.6) is 0 Å². The van der Waals surface area contributed by atoms with Crippen LogP contribution >= 0.6 is 11.8 Å². The summed E-state index contributed by atoms with van der Waals surface area (Å²) in [6.07, 6.45) is 5.10. The second-order valence-corrected chi connectivity index (χ2v) is 10.2. The van der Waals surface area contributed by atoms with E-state index in [9.17, 15) is 9.59 Å². The highest BCUT2D eigenvalue weighted by molar-refractivity contribution is 8.27. The van der Waals surface area contributed by atoms with Crippen LogP contribution in [-0.2, 0) is 9.59 Å². The number of nitrogens with one attached hydrogen (secondary N) is 1. The van der Waals surface area contributed by atoms with Crippen LogP contribution in [0.2, 0.25) is 0 Å². The van der Waals surface area contributed by atoms with Gasteiger partial charge in [-0.1, -0.05) is 12.1 Å². The lowest BCUT2D eigenvalue weighted by atomic mass is 10.1. The zero-order valence-corrected chi connectivity index (χ0v) is 21.0. The molecule has 9 heteroatoms. The van der Waals surface area contributed by atoms with Gasteiger partial charge in [0.05, 0.1) is 12.0 Å². The third kappa shape index (κ3) is 4.48. The van der Waals surface area contributed by atoms with E-state index in [0.29, 0.717) is 10.2 Å². The Morgan fingerprint density at radius 3 is 2.66 bits per heavy atom. The quantitative estimate of drug-likeness (QED) is 0.645. The van der Waals surface area contributed by atoms with E-state index in [2.05, 4.69) is 39.8 Å². The summed E-state index contributed by atoms with van der Waals surface area (Å²) in [6, 6.07) is 10.3. The summed E-state index contributed by atoms with van der Waals surface area (Å²) in [6.45, 7) is 7.64. The van der Waals surface area contributed by atoms with Gasteiger partial charge < -0.3 is 9.47 Å². The van der Waals surface area contributed by atoms with E-state index in [1.807, 2.05) is 30.9 Å². The lowest BCUT2D eigenvalue weighted by Crippen LogP contribution is -2.36. The molecule has 3 aliphatic heterocycles. The molecule has 0 aliphatic carbocycles. The highest BCUT2D eigenvalue weighted by atomic mass is 32.2. The smallest absolute Gasteiger partial charge is 0.283 e. The number of nitrogens with zero attached hydrogens (tertiary/aromatic N) is 5. The number of rotatable bonds is 4. The fourth-order valence-electron chi connectivity index (χ4n) is 4.74. The van der Waals surface area contributed by atoms with Crippen molar-refractivity contribution >= 4 is 45.7 Å². The van der Waals surface area contributed by atoms with E-state index < -0.39 is 5.91 Å². The first-order chi connectivity index (χ1) is 16.8. The molecular weight excluding hydrogens is 460 g/mol. The summed E-state index contributed by atoms with van der Waals surface area (Å²) in [5.41, 5.74) is 5.27. The number of thioether (sulfide) groups is 1. The predicted octanol–water partition coefficient (Wildman–Crippen LogP) is 4.42. The fourth-order valence-corrected chi connectivity index (χ4v) is 5.62. The summed E-state index contributed by atoms with van der Waals surface area (Å²) in [5.74, 6) is -0.449. The number of likely N-dealkylation sites (tertiary alicyclic amines) is 1. The van der Waals surface area contributed by atoms with Crippen LogP contribution in [0.1, 0.15) is 48.2 Å². The Kier molecular flexibility index (Phi) is 6.19. The molecule has 0 unspecified atom stereocenters. The molecule has 35 heavy (non-hydrogen) atoms. The van der Waals surface area contributed by atoms with Crippen LogP contribution in [0.15, 0.2) is 46.0 Å². The van der Waals surface area contributed by atoms with Crippen LogP contribution < -0.4 is 0 Å². The average Bonchev–Trinajstić information content (AvgIpc) is 3.36. The van der Waals surface area contributed by atoms with Crippen LogP contribution in [0.4, 0.5) is 0 Å². The number of amides is 2. The first-order valence-corrected chi connectivity index (χ1v) is 12.7. The molecule has 0 bridgehead atoms. The number of aryl methyl sites for hydroxylation is 2. The second-order valence-electron chi connectivity index (χ2n) is 9.13. The summed E-state index contributed by atoms with van der Waals surface area (Å²) in [4.78, 5) is 31.6. The zero-order chi connectivity index (χ0) is 24.7. The molecule has 1 saturated heterocycles. The van der Waals surface area contributed by atoms with Gasteiger partial charge in [0.25, 0.3) is 5.91 Å². The minimum Gasteiger partial charge on any atom is -0.342 e. The number of aliphatic imine (C=N–C) groups is 1. The Labute approximate surface area is 208 Å². The Balaban J connectivity index is 1.40. The number of hydrogen-bond donors (Lipinski definition) is 1. The van der Waals surface area contributed by atoms with Gasteiger partial charge in [-0.3, -0.25) is 15.0 Å². The maximum absolute atomic E-state index is 12.9. The molecule has 1 fully saturated rings. The summed E-state index contributed by atoms with van der Waals surface area (Å²) in [7, 11) is 0. The Morgan fingerprint density at radius 2 is 1.91 bits per heavy atom. The number of carbonyl (C=O) groups excluding carboxylic acids is 2. The number of fused-ring (bicyclic) bond motifs is 1. The number of benzene rings is 1. The minimum absolute atomic E-state index is 0.0201. The van der Waals surface area contributed by atoms with E-state index in [1.54, 1.807) is 6.08 Å². The van der Waals surface area contributed by atoms with Crippen molar-refractivity contribution < 1.29 is 9.59 Å². The van der Waals surface area contributed by atoms with Gasteiger partial charge in [-0.15, -0.1) is 0 Å². The molecule has 1 N–H and O–H groups in total. The van der Waals surface area contributed by atoms with E-state index in [0.717, 1.165) is 55.0 Å². The zero-order valence-electron chi connectivity index (χ0n) is 20.2. The van der Waals surface area contributed by atoms with E-state index in [4.69, 9.17) is 5.41 Å². The van der Waals surface area contributed by atoms with Gasteiger partial charge in [0.15, 0.2) is 5.84 Å². The van der Waals surface area contributed by atoms with Gasteiger partial charge in [-0.2, -0.15) is 15.1 Å².